The molecule has 0 bridgehead atoms. The zero-order chi connectivity index (χ0) is 15.6. The van der Waals surface area contributed by atoms with Crippen LogP contribution in [0.3, 0.4) is 0 Å². The van der Waals surface area contributed by atoms with Crippen molar-refractivity contribution in [3.63, 3.8) is 0 Å². The molecule has 0 saturated carbocycles. The molecule has 0 aliphatic heterocycles. The van der Waals surface area contributed by atoms with Gasteiger partial charge in [-0.2, -0.15) is 0 Å². The van der Waals surface area contributed by atoms with Crippen LogP contribution in [0.4, 0.5) is 0 Å². The van der Waals surface area contributed by atoms with Crippen LogP contribution < -0.4 is 0 Å². The number of hydrogen-bond acceptors (Lipinski definition) is 7. The minimum absolute atomic E-state index is 0.579. The third-order valence-corrected chi connectivity index (χ3v) is 5.33. The molecule has 4 rings (SSSR count). The lowest BCUT2D eigenvalue weighted by Gasteiger charge is -1.98. The number of fused-ring (bicyclic) bond motifs is 1. The molecule has 0 amide bonds. The van der Waals surface area contributed by atoms with Gasteiger partial charge in [-0.05, 0) is 11.6 Å². The Kier molecular flexibility index (Phi) is 3.80. The number of nitrogens with zero attached hydrogens (tertiary/aromatic N) is 4. The molecule has 7 heteroatoms. The van der Waals surface area contributed by atoms with Gasteiger partial charge in [0, 0.05) is 17.2 Å². The molecule has 0 aliphatic carbocycles. The van der Waals surface area contributed by atoms with Crippen molar-refractivity contribution in [3.8, 4) is 10.4 Å². The number of hydrogen-bond donors (Lipinski definition) is 0. The summed E-state index contributed by atoms with van der Waals surface area (Å²) in [5.41, 5.74) is 1.19. The zero-order valence-corrected chi connectivity index (χ0v) is 13.9. The molecule has 0 radical (unpaired) electrons. The molecule has 0 aliphatic rings. The highest BCUT2D eigenvalue weighted by Gasteiger charge is 2.12. The van der Waals surface area contributed by atoms with Gasteiger partial charge in [0.2, 0.25) is 11.8 Å². The molecule has 3 aromatic heterocycles. The van der Waals surface area contributed by atoms with Gasteiger partial charge in [0.1, 0.15) is 16.2 Å². The summed E-state index contributed by atoms with van der Waals surface area (Å²) in [6, 6.07) is 12.5. The van der Waals surface area contributed by atoms with Gasteiger partial charge in [-0.1, -0.05) is 42.1 Å². The lowest BCUT2D eigenvalue weighted by atomic mass is 10.2. The summed E-state index contributed by atoms with van der Waals surface area (Å²) in [5.74, 6) is 1.79. The second-order valence-electron chi connectivity index (χ2n) is 4.88. The maximum Gasteiger partial charge on any atom is 0.226 e. The first kappa shape index (κ1) is 14.3. The van der Waals surface area contributed by atoms with Gasteiger partial charge in [-0.15, -0.1) is 21.5 Å². The Hall–Kier alpha value is -2.25. The van der Waals surface area contributed by atoms with E-state index >= 15 is 0 Å². The Morgan fingerprint density at radius 1 is 1.13 bits per heavy atom. The second-order valence-corrected chi connectivity index (χ2v) is 6.87. The summed E-state index contributed by atoms with van der Waals surface area (Å²) in [6.07, 6.45) is 1.61. The van der Waals surface area contributed by atoms with Gasteiger partial charge in [0.05, 0.1) is 5.75 Å². The lowest BCUT2D eigenvalue weighted by molar-refractivity contribution is 0.485. The molecule has 4 aromatic rings. The highest BCUT2D eigenvalue weighted by molar-refractivity contribution is 7.98. The molecule has 0 spiro atoms. The SMILES string of the molecule is Cc1nnc(CSc2ncnc3sc(-c4ccccc4)cc23)o1. The molecular formula is C16H12N4OS2. The summed E-state index contributed by atoms with van der Waals surface area (Å²) in [6.45, 7) is 1.79. The van der Waals surface area contributed by atoms with E-state index in [1.165, 1.54) is 10.4 Å². The summed E-state index contributed by atoms with van der Waals surface area (Å²) < 4.78 is 5.41. The van der Waals surface area contributed by atoms with Gasteiger partial charge >= 0.3 is 0 Å². The summed E-state index contributed by atoms with van der Waals surface area (Å²) in [5, 5.41) is 9.86. The van der Waals surface area contributed by atoms with Crippen LogP contribution in [-0.4, -0.2) is 20.2 Å². The first-order chi connectivity index (χ1) is 11.3. The first-order valence-corrected chi connectivity index (χ1v) is 8.81. The summed E-state index contributed by atoms with van der Waals surface area (Å²) in [4.78, 5) is 11.0. The quantitative estimate of drug-likeness (QED) is 0.407. The number of aromatic nitrogens is 4. The molecular weight excluding hydrogens is 328 g/mol. The van der Waals surface area contributed by atoms with Gasteiger partial charge in [-0.3, -0.25) is 0 Å². The maximum atomic E-state index is 5.41. The molecule has 5 nitrogen and oxygen atoms in total. The Morgan fingerprint density at radius 2 is 2.00 bits per heavy atom. The van der Waals surface area contributed by atoms with Crippen molar-refractivity contribution >= 4 is 33.3 Å². The van der Waals surface area contributed by atoms with Crippen LogP contribution in [0, 0.1) is 6.92 Å². The molecule has 0 saturated heterocycles. The van der Waals surface area contributed by atoms with Crippen LogP contribution in [-0.2, 0) is 5.75 Å². The molecule has 0 unspecified atom stereocenters. The normalized spacial score (nSPS) is 11.2. The molecule has 23 heavy (non-hydrogen) atoms. The highest BCUT2D eigenvalue weighted by Crippen LogP contribution is 2.36. The number of benzene rings is 1. The number of aryl methyl sites for hydroxylation is 1. The van der Waals surface area contributed by atoms with E-state index in [1.807, 2.05) is 18.2 Å². The summed E-state index contributed by atoms with van der Waals surface area (Å²) >= 11 is 3.26. The Balaban J connectivity index is 1.66. The molecule has 3 heterocycles. The third kappa shape index (κ3) is 2.97. The fourth-order valence-corrected chi connectivity index (χ4v) is 4.10. The Bertz CT molecular complexity index is 949. The Morgan fingerprint density at radius 3 is 2.78 bits per heavy atom. The van der Waals surface area contributed by atoms with Gasteiger partial charge in [0.15, 0.2) is 0 Å². The highest BCUT2D eigenvalue weighted by atomic mass is 32.2. The van der Waals surface area contributed by atoms with E-state index in [4.69, 9.17) is 4.42 Å². The van der Waals surface area contributed by atoms with Crippen molar-refractivity contribution in [2.45, 2.75) is 17.7 Å². The molecule has 0 atom stereocenters. The van der Waals surface area contributed by atoms with E-state index < -0.39 is 0 Å². The van der Waals surface area contributed by atoms with Gasteiger partial charge < -0.3 is 4.42 Å². The van der Waals surface area contributed by atoms with Crippen LogP contribution in [0.25, 0.3) is 20.7 Å². The van der Waals surface area contributed by atoms with E-state index in [-0.39, 0.29) is 0 Å². The zero-order valence-electron chi connectivity index (χ0n) is 12.3. The van der Waals surface area contributed by atoms with Gasteiger partial charge in [0.25, 0.3) is 0 Å². The van der Waals surface area contributed by atoms with Crippen LogP contribution >= 0.6 is 23.1 Å². The van der Waals surface area contributed by atoms with Crippen molar-refractivity contribution in [3.05, 3.63) is 54.5 Å². The molecule has 0 fully saturated rings. The Labute approximate surface area is 140 Å². The lowest BCUT2D eigenvalue weighted by Crippen LogP contribution is -1.85. The van der Waals surface area contributed by atoms with Crippen LogP contribution in [0.15, 0.2) is 52.2 Å². The first-order valence-electron chi connectivity index (χ1n) is 7.01. The topological polar surface area (TPSA) is 64.7 Å². The summed E-state index contributed by atoms with van der Waals surface area (Å²) in [7, 11) is 0. The van der Waals surface area contributed by atoms with Crippen LogP contribution in [0.5, 0.6) is 0 Å². The minimum Gasteiger partial charge on any atom is -0.425 e. The third-order valence-electron chi connectivity index (χ3n) is 3.25. The second kappa shape index (κ2) is 6.10. The van der Waals surface area contributed by atoms with Crippen molar-refractivity contribution < 1.29 is 4.42 Å². The molecule has 114 valence electrons. The van der Waals surface area contributed by atoms with Crippen molar-refractivity contribution in [1.82, 2.24) is 20.2 Å². The van der Waals surface area contributed by atoms with E-state index in [0.717, 1.165) is 15.2 Å². The number of thioether (sulfide) groups is 1. The van der Waals surface area contributed by atoms with Crippen LogP contribution in [0.1, 0.15) is 11.8 Å². The number of rotatable bonds is 4. The molecule has 0 N–H and O–H groups in total. The molecule has 1 aromatic carbocycles. The monoisotopic (exact) mass is 340 g/mol. The number of thiophene rings is 1. The minimum atomic E-state index is 0.579. The largest absolute Gasteiger partial charge is 0.425 e. The fourth-order valence-electron chi connectivity index (χ4n) is 2.22. The van der Waals surface area contributed by atoms with E-state index in [1.54, 1.807) is 36.3 Å². The van der Waals surface area contributed by atoms with Crippen LogP contribution in [0.2, 0.25) is 0 Å². The van der Waals surface area contributed by atoms with E-state index in [2.05, 4.69) is 38.4 Å². The van der Waals surface area contributed by atoms with E-state index in [0.29, 0.717) is 17.5 Å². The average Bonchev–Trinajstić information content (AvgIpc) is 3.20. The van der Waals surface area contributed by atoms with Crippen molar-refractivity contribution in [2.75, 3.05) is 0 Å². The van der Waals surface area contributed by atoms with E-state index in [9.17, 15) is 0 Å². The average molecular weight is 340 g/mol. The predicted octanol–water partition coefficient (Wildman–Crippen LogP) is 4.34. The van der Waals surface area contributed by atoms with Crippen molar-refractivity contribution in [1.29, 1.82) is 0 Å². The standard InChI is InChI=1S/C16H12N4OS2/c1-10-19-20-14(21-10)8-22-15-12-7-13(11-5-3-2-4-6-11)23-16(12)18-9-17-15/h2-7,9H,8H2,1H3. The smallest absolute Gasteiger partial charge is 0.226 e. The maximum absolute atomic E-state index is 5.41. The van der Waals surface area contributed by atoms with Crippen molar-refractivity contribution in [2.24, 2.45) is 0 Å². The fraction of sp³-hybridized carbons (Fsp3) is 0.125. The van der Waals surface area contributed by atoms with Gasteiger partial charge in [-0.25, -0.2) is 9.97 Å². The predicted molar refractivity (Wildman–Crippen MR) is 91.4 cm³/mol.